The molecule has 1 aromatic rings. The van der Waals surface area contributed by atoms with Gasteiger partial charge in [0.1, 0.15) is 0 Å². The van der Waals surface area contributed by atoms with E-state index in [0.717, 1.165) is 25.7 Å². The molecule has 3 N–H and O–H groups in total. The number of hydrogen-bond acceptors (Lipinski definition) is 3. The molecule has 2 aliphatic carbocycles. The molecule has 3 rings (SSSR count). The highest BCUT2D eigenvalue weighted by molar-refractivity contribution is 5.80. The zero-order valence-electron chi connectivity index (χ0n) is 12.5. The maximum Gasteiger partial charge on any atom is 0.223 e. The van der Waals surface area contributed by atoms with E-state index in [1.54, 1.807) is 0 Å². The molecule has 0 aliphatic heterocycles. The summed E-state index contributed by atoms with van der Waals surface area (Å²) in [6.45, 7) is 2.64. The van der Waals surface area contributed by atoms with E-state index in [0.29, 0.717) is 6.61 Å². The number of rotatable bonds is 4. The Hall–Kier alpha value is -1.39. The number of amides is 1. The lowest BCUT2D eigenvalue weighted by molar-refractivity contribution is -0.130. The van der Waals surface area contributed by atoms with Crippen molar-refractivity contribution >= 4 is 5.91 Å². The molecule has 4 unspecified atom stereocenters. The normalized spacial score (nSPS) is 31.1. The van der Waals surface area contributed by atoms with Crippen LogP contribution < -0.4 is 11.1 Å². The minimum Gasteiger partial charge on any atom is -0.376 e. The van der Waals surface area contributed by atoms with Gasteiger partial charge in [-0.2, -0.15) is 0 Å². The van der Waals surface area contributed by atoms with Gasteiger partial charge in [0.25, 0.3) is 0 Å². The summed E-state index contributed by atoms with van der Waals surface area (Å²) >= 11 is 0. The van der Waals surface area contributed by atoms with Crippen LogP contribution in [-0.4, -0.2) is 30.7 Å². The van der Waals surface area contributed by atoms with Crippen LogP contribution in [0.3, 0.4) is 0 Å². The molecule has 0 spiro atoms. The Morgan fingerprint density at radius 2 is 2.14 bits per heavy atom. The van der Waals surface area contributed by atoms with Crippen molar-refractivity contribution in [2.24, 2.45) is 11.7 Å². The van der Waals surface area contributed by atoms with Crippen LogP contribution in [0.25, 0.3) is 0 Å². The van der Waals surface area contributed by atoms with Crippen molar-refractivity contribution in [3.63, 3.8) is 0 Å². The monoisotopic (exact) mass is 288 g/mol. The van der Waals surface area contributed by atoms with E-state index in [1.165, 1.54) is 11.1 Å². The van der Waals surface area contributed by atoms with Gasteiger partial charge in [0.2, 0.25) is 5.91 Å². The van der Waals surface area contributed by atoms with Gasteiger partial charge >= 0.3 is 0 Å². The van der Waals surface area contributed by atoms with Crippen LogP contribution in [0.5, 0.6) is 0 Å². The predicted molar refractivity (Wildman–Crippen MR) is 81.9 cm³/mol. The number of fused-ring (bicyclic) bond motifs is 1. The lowest BCUT2D eigenvalue weighted by atomic mass is 9.80. The van der Waals surface area contributed by atoms with E-state index >= 15 is 0 Å². The number of nitrogens with one attached hydrogen (secondary N) is 1. The second-order valence-electron chi connectivity index (χ2n) is 6.14. The molecule has 4 atom stereocenters. The van der Waals surface area contributed by atoms with Crippen LogP contribution in [0, 0.1) is 5.92 Å². The third kappa shape index (κ3) is 2.97. The minimum absolute atomic E-state index is 0.0189. The Morgan fingerprint density at radius 1 is 1.38 bits per heavy atom. The fourth-order valence-corrected chi connectivity index (χ4v) is 3.43. The van der Waals surface area contributed by atoms with Gasteiger partial charge in [-0.25, -0.2) is 0 Å². The van der Waals surface area contributed by atoms with E-state index in [4.69, 9.17) is 10.5 Å². The van der Waals surface area contributed by atoms with Crippen LogP contribution in [0.15, 0.2) is 24.3 Å². The number of hydrogen-bond donors (Lipinski definition) is 2. The minimum atomic E-state index is -0.0189. The molecule has 0 heterocycles. The zero-order valence-corrected chi connectivity index (χ0v) is 12.5. The Kier molecular flexibility index (Phi) is 4.27. The summed E-state index contributed by atoms with van der Waals surface area (Å²) in [4.78, 5) is 12.5. The van der Waals surface area contributed by atoms with Gasteiger partial charge in [-0.3, -0.25) is 4.79 Å². The van der Waals surface area contributed by atoms with Crippen LogP contribution in [0.2, 0.25) is 0 Å². The van der Waals surface area contributed by atoms with Gasteiger partial charge < -0.3 is 15.8 Å². The Bertz CT molecular complexity index is 515. The smallest absolute Gasteiger partial charge is 0.223 e. The van der Waals surface area contributed by atoms with Crippen molar-refractivity contribution in [1.29, 1.82) is 0 Å². The molecule has 1 saturated carbocycles. The van der Waals surface area contributed by atoms with Gasteiger partial charge in [0.05, 0.1) is 12.1 Å². The first-order chi connectivity index (χ1) is 10.2. The third-order valence-electron chi connectivity index (χ3n) is 4.77. The molecule has 4 nitrogen and oxygen atoms in total. The molecule has 4 heteroatoms. The average molecular weight is 288 g/mol. The maximum absolute atomic E-state index is 12.5. The van der Waals surface area contributed by atoms with Crippen LogP contribution in [-0.2, 0) is 22.4 Å². The summed E-state index contributed by atoms with van der Waals surface area (Å²) in [5.74, 6) is 0.198. The second kappa shape index (κ2) is 6.16. The highest BCUT2D eigenvalue weighted by Crippen LogP contribution is 2.27. The van der Waals surface area contributed by atoms with Crippen molar-refractivity contribution in [1.82, 2.24) is 5.32 Å². The van der Waals surface area contributed by atoms with Crippen LogP contribution in [0.1, 0.15) is 30.9 Å². The Labute approximate surface area is 126 Å². The van der Waals surface area contributed by atoms with Gasteiger partial charge in [-0.05, 0) is 43.7 Å². The molecular formula is C17H24N2O2. The number of carbonyl (C=O) groups excluding carboxylic acids is 1. The first-order valence-corrected chi connectivity index (χ1v) is 7.93. The summed E-state index contributed by atoms with van der Waals surface area (Å²) in [5.41, 5.74) is 8.69. The van der Waals surface area contributed by atoms with Gasteiger partial charge in [-0.1, -0.05) is 24.3 Å². The predicted octanol–water partition coefficient (Wildman–Crippen LogP) is 1.41. The largest absolute Gasteiger partial charge is 0.376 e. The van der Waals surface area contributed by atoms with E-state index in [2.05, 4.69) is 23.5 Å². The zero-order chi connectivity index (χ0) is 14.8. The first kappa shape index (κ1) is 14.5. The fourth-order valence-electron chi connectivity index (χ4n) is 3.43. The highest BCUT2D eigenvalue weighted by Gasteiger charge is 2.41. The molecule has 114 valence electrons. The van der Waals surface area contributed by atoms with E-state index in [1.807, 2.05) is 13.0 Å². The van der Waals surface area contributed by atoms with Crippen molar-refractivity contribution in [3.8, 4) is 0 Å². The van der Waals surface area contributed by atoms with Crippen LogP contribution >= 0.6 is 0 Å². The molecular weight excluding hydrogens is 264 g/mol. The number of carbonyl (C=O) groups is 1. The fraction of sp³-hybridized carbons (Fsp3) is 0.588. The molecule has 0 aromatic heterocycles. The van der Waals surface area contributed by atoms with Crippen molar-refractivity contribution in [2.75, 3.05) is 6.61 Å². The van der Waals surface area contributed by atoms with Crippen molar-refractivity contribution in [3.05, 3.63) is 35.4 Å². The van der Waals surface area contributed by atoms with Crippen molar-refractivity contribution < 1.29 is 9.53 Å². The first-order valence-electron chi connectivity index (χ1n) is 7.93. The molecule has 1 fully saturated rings. The number of ether oxygens (including phenoxy) is 1. The third-order valence-corrected chi connectivity index (χ3v) is 4.77. The second-order valence-corrected chi connectivity index (χ2v) is 6.14. The van der Waals surface area contributed by atoms with Gasteiger partial charge in [0, 0.05) is 18.6 Å². The van der Waals surface area contributed by atoms with E-state index in [9.17, 15) is 4.79 Å². The number of aryl methyl sites for hydroxylation is 1. The molecule has 0 bridgehead atoms. The summed E-state index contributed by atoms with van der Waals surface area (Å²) in [7, 11) is 0. The van der Waals surface area contributed by atoms with Gasteiger partial charge in [0.15, 0.2) is 0 Å². The molecule has 1 amide bonds. The summed E-state index contributed by atoms with van der Waals surface area (Å²) in [5, 5.41) is 3.11. The summed E-state index contributed by atoms with van der Waals surface area (Å²) in [6, 6.07) is 8.42. The Balaban J connectivity index is 1.59. The average Bonchev–Trinajstić information content (AvgIpc) is 2.51. The van der Waals surface area contributed by atoms with Gasteiger partial charge in [-0.15, -0.1) is 0 Å². The molecule has 0 radical (unpaired) electrons. The summed E-state index contributed by atoms with van der Waals surface area (Å²) in [6.07, 6.45) is 3.67. The Morgan fingerprint density at radius 3 is 2.86 bits per heavy atom. The standard InChI is InChI=1S/C17H24N2O2/c1-2-21-15-10-14(18)16(15)19-17(20)13-8-7-11-5-3-4-6-12(11)9-13/h3-6,13-16H,2,7-10,18H2,1H3,(H,19,20). The van der Waals surface area contributed by atoms with E-state index < -0.39 is 0 Å². The molecule has 1 aromatic carbocycles. The SMILES string of the molecule is CCOC1CC(N)C1NC(=O)C1CCc2ccccc2C1. The lowest BCUT2D eigenvalue weighted by Crippen LogP contribution is -2.65. The van der Waals surface area contributed by atoms with E-state index in [-0.39, 0.29) is 30.0 Å². The highest BCUT2D eigenvalue weighted by atomic mass is 16.5. The topological polar surface area (TPSA) is 64.3 Å². The number of nitrogens with two attached hydrogens (primary N) is 1. The molecule has 21 heavy (non-hydrogen) atoms. The molecule has 2 aliphatic rings. The maximum atomic E-state index is 12.5. The van der Waals surface area contributed by atoms with Crippen LogP contribution in [0.4, 0.5) is 0 Å². The number of benzene rings is 1. The van der Waals surface area contributed by atoms with Crippen molar-refractivity contribution in [2.45, 2.75) is 50.8 Å². The summed E-state index contributed by atoms with van der Waals surface area (Å²) < 4.78 is 5.61. The quantitative estimate of drug-likeness (QED) is 0.880. The lowest BCUT2D eigenvalue weighted by Gasteiger charge is -2.43. The molecule has 0 saturated heterocycles.